The van der Waals surface area contributed by atoms with Crippen molar-refractivity contribution in [2.75, 3.05) is 0 Å². The van der Waals surface area contributed by atoms with E-state index in [0.717, 1.165) is 0 Å². The number of carbonyl (C=O) groups excluding carboxylic acids is 1. The molecule has 0 atom stereocenters. The van der Waals surface area contributed by atoms with Crippen molar-refractivity contribution in [3.8, 4) is 0 Å². The highest BCUT2D eigenvalue weighted by Gasteiger charge is 2.73. The van der Waals surface area contributed by atoms with Gasteiger partial charge >= 0.3 is 24.4 Å². The summed E-state index contributed by atoms with van der Waals surface area (Å²) >= 11 is 0. The highest BCUT2D eigenvalue weighted by molar-refractivity contribution is 5.81. The fourth-order valence-corrected chi connectivity index (χ4v) is 2.55. The number of amides is 1. The van der Waals surface area contributed by atoms with Crippen molar-refractivity contribution in [3.63, 3.8) is 0 Å². The van der Waals surface area contributed by atoms with E-state index in [1.807, 2.05) is 0 Å². The van der Waals surface area contributed by atoms with Gasteiger partial charge in [-0.25, -0.2) is 0 Å². The van der Waals surface area contributed by atoms with E-state index in [1.165, 1.54) is 5.32 Å². The molecule has 1 aliphatic carbocycles. The third-order valence-electron chi connectivity index (χ3n) is 3.78. The zero-order chi connectivity index (χ0) is 18.3. The van der Waals surface area contributed by atoms with Gasteiger partial charge in [-0.2, -0.15) is 39.5 Å². The smallest absolute Gasteiger partial charge is 0.373 e. The van der Waals surface area contributed by atoms with Crippen molar-refractivity contribution in [1.82, 2.24) is 5.32 Å². The minimum absolute atomic E-state index is 0.541. The van der Waals surface area contributed by atoms with Crippen LogP contribution in [0.5, 0.6) is 0 Å². The molecule has 1 amide bonds. The fraction of sp³-hybridized carbons (Fsp3) is 0.909. The van der Waals surface area contributed by atoms with Crippen molar-refractivity contribution in [3.05, 3.63) is 0 Å². The summed E-state index contributed by atoms with van der Waals surface area (Å²) in [5.41, 5.74) is -4.93. The van der Waals surface area contributed by atoms with Crippen LogP contribution >= 0.6 is 0 Å². The maximum absolute atomic E-state index is 12.7. The Hall–Kier alpha value is -1.20. The van der Waals surface area contributed by atoms with E-state index in [1.54, 1.807) is 0 Å². The fourth-order valence-electron chi connectivity index (χ4n) is 2.55. The number of carbonyl (C=O) groups is 1. The summed E-state index contributed by atoms with van der Waals surface area (Å²) in [7, 11) is 0. The van der Waals surface area contributed by atoms with Gasteiger partial charge < -0.3 is 10.4 Å². The molecular formula is C11H12F9NO2. The summed E-state index contributed by atoms with van der Waals surface area (Å²) in [6.07, 6.45) is -19.9. The molecule has 2 N–H and O–H groups in total. The molecule has 0 bridgehead atoms. The molecule has 3 nitrogen and oxygen atoms in total. The van der Waals surface area contributed by atoms with E-state index < -0.39 is 67.7 Å². The quantitative estimate of drug-likeness (QED) is 0.743. The lowest BCUT2D eigenvalue weighted by Crippen LogP contribution is -2.62. The molecule has 1 fully saturated rings. The minimum atomic E-state index is -5.97. The molecule has 136 valence electrons. The largest absolute Gasteiger partial charge is 0.471 e. The Balaban J connectivity index is 2.80. The Morgan fingerprint density at radius 2 is 1.22 bits per heavy atom. The Morgan fingerprint density at radius 3 is 1.52 bits per heavy atom. The lowest BCUT2D eigenvalue weighted by molar-refractivity contribution is -0.387. The maximum Gasteiger partial charge on any atom is 0.471 e. The van der Waals surface area contributed by atoms with E-state index >= 15 is 0 Å². The van der Waals surface area contributed by atoms with Gasteiger partial charge in [-0.3, -0.25) is 4.79 Å². The summed E-state index contributed by atoms with van der Waals surface area (Å²) in [6.45, 7) is 0. The van der Waals surface area contributed by atoms with Crippen molar-refractivity contribution in [2.45, 2.75) is 55.9 Å². The first-order valence-corrected chi connectivity index (χ1v) is 6.34. The molecule has 0 unspecified atom stereocenters. The Morgan fingerprint density at radius 1 is 0.826 bits per heavy atom. The zero-order valence-corrected chi connectivity index (χ0v) is 11.2. The summed E-state index contributed by atoms with van der Waals surface area (Å²) in [5.74, 6) is -4.57. The first kappa shape index (κ1) is 19.8. The number of alkyl halides is 9. The van der Waals surface area contributed by atoms with E-state index in [9.17, 15) is 49.4 Å². The predicted molar refractivity (Wildman–Crippen MR) is 57.0 cm³/mol. The van der Waals surface area contributed by atoms with Gasteiger partial charge in [0.05, 0.1) is 0 Å². The molecule has 0 aromatic carbocycles. The second kappa shape index (κ2) is 6.02. The molecular weight excluding hydrogens is 349 g/mol. The van der Waals surface area contributed by atoms with Gasteiger partial charge in [0.1, 0.15) is 0 Å². The van der Waals surface area contributed by atoms with Crippen molar-refractivity contribution >= 4 is 5.91 Å². The van der Waals surface area contributed by atoms with Crippen molar-refractivity contribution in [1.29, 1.82) is 0 Å². The monoisotopic (exact) mass is 361 g/mol. The van der Waals surface area contributed by atoms with E-state index in [2.05, 4.69) is 0 Å². The number of hydrogen-bond donors (Lipinski definition) is 2. The predicted octanol–water partition coefficient (Wildman–Crippen LogP) is 3.08. The summed E-state index contributed by atoms with van der Waals surface area (Å²) in [6, 6.07) is -1.20. The van der Waals surface area contributed by atoms with Gasteiger partial charge in [0, 0.05) is 12.0 Å². The third kappa shape index (κ3) is 4.01. The van der Waals surface area contributed by atoms with Crippen molar-refractivity contribution in [2.24, 2.45) is 5.92 Å². The molecule has 0 aliphatic heterocycles. The SMILES string of the molecule is O=C(NC1CCC(C(O)(C(F)(F)F)C(F)(F)F)CC1)C(F)(F)F. The normalized spacial score (nSPS) is 24.4. The van der Waals surface area contributed by atoms with Crippen LogP contribution in [0.3, 0.4) is 0 Å². The molecule has 23 heavy (non-hydrogen) atoms. The number of nitrogens with one attached hydrogen (secondary N) is 1. The second-order valence-electron chi connectivity index (χ2n) is 5.28. The Bertz CT molecular complexity index is 418. The average Bonchev–Trinajstić information content (AvgIpc) is 2.34. The standard InChI is InChI=1S/C11H12F9NO2/c12-9(13,14)7(22)21-6-3-1-5(2-4-6)8(23,10(15,16)17)11(18,19)20/h5-6,23H,1-4H2,(H,21,22). The number of aliphatic hydroxyl groups is 1. The van der Waals surface area contributed by atoms with Crippen molar-refractivity contribution < 1.29 is 49.4 Å². The van der Waals surface area contributed by atoms with Crippen LogP contribution in [0.25, 0.3) is 0 Å². The first-order valence-electron chi connectivity index (χ1n) is 6.34. The molecule has 1 rings (SSSR count). The van der Waals surface area contributed by atoms with Crippen LogP contribution in [0, 0.1) is 5.92 Å². The lowest BCUT2D eigenvalue weighted by Gasteiger charge is -2.42. The van der Waals surface area contributed by atoms with Gasteiger partial charge in [-0.1, -0.05) is 0 Å². The highest BCUT2D eigenvalue weighted by atomic mass is 19.4. The number of rotatable bonds is 2. The van der Waals surface area contributed by atoms with Gasteiger partial charge in [0.2, 0.25) is 0 Å². The number of halogens is 9. The van der Waals surface area contributed by atoms with Crippen LogP contribution in [0.2, 0.25) is 0 Å². The van der Waals surface area contributed by atoms with Crippen LogP contribution < -0.4 is 5.32 Å². The summed E-state index contributed by atoms with van der Waals surface area (Å²) in [5, 5.41) is 10.7. The Labute approximate surface area is 123 Å². The molecule has 1 saturated carbocycles. The van der Waals surface area contributed by atoms with E-state index in [-0.39, 0.29) is 0 Å². The van der Waals surface area contributed by atoms with Crippen LogP contribution in [0.1, 0.15) is 25.7 Å². The lowest BCUT2D eigenvalue weighted by atomic mass is 9.74. The second-order valence-corrected chi connectivity index (χ2v) is 5.28. The first-order chi connectivity index (χ1) is 10.1. The third-order valence-corrected chi connectivity index (χ3v) is 3.78. The van der Waals surface area contributed by atoms with Crippen LogP contribution in [0.15, 0.2) is 0 Å². The molecule has 0 aromatic heterocycles. The van der Waals surface area contributed by atoms with Crippen LogP contribution in [-0.4, -0.2) is 41.2 Å². The van der Waals surface area contributed by atoms with E-state index in [4.69, 9.17) is 0 Å². The molecule has 0 spiro atoms. The molecule has 0 heterocycles. The zero-order valence-electron chi connectivity index (χ0n) is 11.2. The van der Waals surface area contributed by atoms with Gasteiger partial charge in [0.15, 0.2) is 0 Å². The molecule has 0 aromatic rings. The number of hydrogen-bond acceptors (Lipinski definition) is 2. The van der Waals surface area contributed by atoms with E-state index in [0.29, 0.717) is 0 Å². The summed E-state index contributed by atoms with van der Waals surface area (Å²) in [4.78, 5) is 10.7. The highest BCUT2D eigenvalue weighted by Crippen LogP contribution is 2.51. The van der Waals surface area contributed by atoms with Crippen LogP contribution in [0.4, 0.5) is 39.5 Å². The minimum Gasteiger partial charge on any atom is -0.373 e. The average molecular weight is 361 g/mol. The summed E-state index contributed by atoms with van der Waals surface area (Å²) < 4.78 is 112. The molecule has 12 heteroatoms. The van der Waals surface area contributed by atoms with Gasteiger partial charge in [-0.15, -0.1) is 0 Å². The topological polar surface area (TPSA) is 49.3 Å². The molecule has 1 aliphatic rings. The van der Waals surface area contributed by atoms with Crippen LogP contribution in [-0.2, 0) is 4.79 Å². The molecule has 0 saturated heterocycles. The Kier molecular flexibility index (Phi) is 5.20. The van der Waals surface area contributed by atoms with Gasteiger partial charge in [-0.05, 0) is 25.7 Å². The van der Waals surface area contributed by atoms with Gasteiger partial charge in [0.25, 0.3) is 5.60 Å². The maximum atomic E-state index is 12.7. The molecule has 0 radical (unpaired) electrons.